The minimum Gasteiger partial charge on any atom is -0.311 e. The van der Waals surface area contributed by atoms with Gasteiger partial charge in [-0.15, -0.1) is 0 Å². The van der Waals surface area contributed by atoms with Crippen LogP contribution in [-0.2, 0) is 16.2 Å². The summed E-state index contributed by atoms with van der Waals surface area (Å²) in [6, 6.07) is 159. The van der Waals surface area contributed by atoms with Gasteiger partial charge in [-0.2, -0.15) is 0 Å². The highest BCUT2D eigenvalue weighted by Gasteiger charge is 2.56. The molecule has 2 spiro atoms. The summed E-state index contributed by atoms with van der Waals surface area (Å²) in [6.07, 6.45) is 0. The van der Waals surface area contributed by atoms with E-state index in [1.54, 1.807) is 0 Å². The van der Waals surface area contributed by atoms with Crippen LogP contribution in [0.1, 0.15) is 70.8 Å². The Balaban J connectivity index is 0.784. The summed E-state index contributed by atoms with van der Waals surface area (Å²) in [6.45, 7) is 6.92. The molecule has 4 aromatic heterocycles. The van der Waals surface area contributed by atoms with E-state index in [-0.39, 0.29) is 12.1 Å². The first-order valence-electron chi connectivity index (χ1n) is 44.7. The number of hydrogen-bond acceptors (Lipinski definition) is 2. The summed E-state index contributed by atoms with van der Waals surface area (Å²) in [5.41, 5.74) is 44.5. The van der Waals surface area contributed by atoms with Gasteiger partial charge >= 0.3 is 0 Å². The van der Waals surface area contributed by atoms with Gasteiger partial charge in [0.15, 0.2) is 0 Å². The molecule has 127 heavy (non-hydrogen) atoms. The Labute approximate surface area is 734 Å². The van der Waals surface area contributed by atoms with E-state index in [1.807, 2.05) is 0 Å². The molecule has 6 nitrogen and oxygen atoms in total. The van der Waals surface area contributed by atoms with Crippen molar-refractivity contribution in [2.45, 2.75) is 37.0 Å². The summed E-state index contributed by atoms with van der Waals surface area (Å²) in [4.78, 5) is 5.56. The Morgan fingerprint density at radius 2 is 0.496 bits per heavy atom. The van der Waals surface area contributed by atoms with Crippen LogP contribution < -0.4 is 26.2 Å². The second-order valence-electron chi connectivity index (χ2n) is 36.8. The van der Waals surface area contributed by atoms with Gasteiger partial charge in [-0.05, 0) is 227 Å². The average Bonchev–Trinajstić information content (AvgIpc) is 1.53. The van der Waals surface area contributed by atoms with Crippen molar-refractivity contribution in [3.8, 4) is 67.3 Å². The normalized spacial score (nSPS) is 14.2. The molecule has 7 heteroatoms. The minimum atomic E-state index is -0.617. The van der Waals surface area contributed by atoms with Crippen LogP contribution in [0.25, 0.3) is 154 Å². The van der Waals surface area contributed by atoms with Crippen LogP contribution in [0.3, 0.4) is 0 Å². The molecule has 2 aliphatic heterocycles. The number of anilines is 6. The Morgan fingerprint density at radius 1 is 0.205 bits per heavy atom. The van der Waals surface area contributed by atoms with E-state index in [0.29, 0.717) is 0 Å². The number of benzene rings is 19. The summed E-state index contributed by atoms with van der Waals surface area (Å²) in [5.74, 6) is 0. The van der Waals surface area contributed by atoms with Crippen LogP contribution in [0.2, 0.25) is 0 Å². The average molecular weight is 1610 g/mol. The lowest BCUT2D eigenvalue weighted by atomic mass is 9.33. The zero-order chi connectivity index (χ0) is 83.2. The fourth-order valence-corrected chi connectivity index (χ4v) is 25.0. The molecular weight excluding hydrogens is 1540 g/mol. The maximum absolute atomic E-state index is 2.78. The third kappa shape index (κ3) is 8.80. The number of nitrogens with zero attached hydrogens (tertiary/aromatic N) is 6. The fraction of sp³-hybridized carbons (Fsp3) is 0.0500. The summed E-state index contributed by atoms with van der Waals surface area (Å²) < 4.78 is 10.1. The SMILES string of the molecule is CC(C)(C)c1cc2c3c(c1)N(c1cccc4c1-c1ccccc1C41c4ccccc4-c4ccccc41)c1cc4c5ccc(-n6c7ccccc7c7ccccc76)cc5n(-c5ccccc5)c4cc1B3c1cc3c(cc1N2c1cccc2c1-c1ccccc1C21c2ccccc2-c2ccccc21)c1ccc(-n2c4ccccc4c4ccccc42)cc1n3-c1ccccc1. The number of para-hydroxylation sites is 6. The highest BCUT2D eigenvalue weighted by atomic mass is 15.2. The highest BCUT2D eigenvalue weighted by molar-refractivity contribution is 7.00. The molecule has 6 aliphatic rings. The van der Waals surface area contributed by atoms with E-state index < -0.39 is 10.8 Å². The van der Waals surface area contributed by atoms with Crippen molar-refractivity contribution in [1.29, 1.82) is 0 Å². The van der Waals surface area contributed by atoms with Gasteiger partial charge in [-0.1, -0.05) is 312 Å². The third-order valence-corrected chi connectivity index (χ3v) is 29.9. The predicted octanol–water partition coefficient (Wildman–Crippen LogP) is 28.1. The van der Waals surface area contributed by atoms with Crippen molar-refractivity contribution < 1.29 is 0 Å². The van der Waals surface area contributed by atoms with Crippen molar-refractivity contribution in [3.63, 3.8) is 0 Å². The number of aromatic nitrogens is 4. The quantitative estimate of drug-likeness (QED) is 0.155. The molecule has 0 atom stereocenters. The van der Waals surface area contributed by atoms with Gasteiger partial charge in [-0.3, -0.25) is 0 Å². The van der Waals surface area contributed by atoms with E-state index in [1.165, 1.54) is 176 Å². The van der Waals surface area contributed by atoms with Crippen molar-refractivity contribution in [3.05, 3.63) is 463 Å². The molecule has 0 amide bonds. The molecule has 6 heterocycles. The van der Waals surface area contributed by atoms with Gasteiger partial charge in [0.25, 0.3) is 6.71 Å². The molecule has 590 valence electrons. The van der Waals surface area contributed by atoms with Crippen LogP contribution in [-0.4, -0.2) is 25.0 Å². The molecule has 19 aromatic carbocycles. The van der Waals surface area contributed by atoms with E-state index in [2.05, 4.69) is 461 Å². The molecule has 0 bridgehead atoms. The van der Waals surface area contributed by atoms with Gasteiger partial charge in [0.1, 0.15) is 0 Å². The molecule has 23 aromatic rings. The lowest BCUT2D eigenvalue weighted by Gasteiger charge is -2.46. The van der Waals surface area contributed by atoms with Crippen molar-refractivity contribution in [2.24, 2.45) is 0 Å². The fourth-order valence-electron chi connectivity index (χ4n) is 25.0. The number of hydrogen-bond donors (Lipinski definition) is 0. The number of rotatable bonds is 6. The Hall–Kier alpha value is -16.0. The van der Waals surface area contributed by atoms with Crippen LogP contribution in [0.15, 0.2) is 413 Å². The Morgan fingerprint density at radius 3 is 0.858 bits per heavy atom. The van der Waals surface area contributed by atoms with E-state index >= 15 is 0 Å². The first-order valence-corrected chi connectivity index (χ1v) is 44.7. The van der Waals surface area contributed by atoms with Gasteiger partial charge < -0.3 is 28.1 Å². The van der Waals surface area contributed by atoms with Crippen molar-refractivity contribution >= 4 is 144 Å². The summed E-state index contributed by atoms with van der Waals surface area (Å²) in [5, 5.41) is 9.64. The molecule has 0 N–H and O–H groups in total. The second kappa shape index (κ2) is 24.9. The molecule has 0 fully saturated rings. The molecule has 0 unspecified atom stereocenters. The molecule has 4 aliphatic carbocycles. The highest BCUT2D eigenvalue weighted by Crippen LogP contribution is 2.68. The molecule has 0 saturated heterocycles. The topological polar surface area (TPSA) is 26.2 Å². The van der Waals surface area contributed by atoms with Crippen molar-refractivity contribution in [1.82, 2.24) is 18.3 Å². The zero-order valence-corrected chi connectivity index (χ0v) is 70.0. The molecule has 0 radical (unpaired) electrons. The second-order valence-corrected chi connectivity index (χ2v) is 36.8. The first-order chi connectivity index (χ1) is 62.7. The summed E-state index contributed by atoms with van der Waals surface area (Å²) in [7, 11) is 0. The standard InChI is InChI=1S/C120H77BN6/c1-118(2,3)72-64-113-117-114(65-72)127(106-59-31-53-98-116(106)88-45-15-25-51-96(88)120(98)93-48-22-12-38-79(93)80-39-13-23-49-94(80)120)112-69-90-86-63-61-76(125-103-56-28-18-42-83(103)84-43-19-29-57-104(84)125)67-108(86)123(74-34-8-5-9-35-74)110(90)71-100(112)121(117)99-70-109-89(85-62-60-75(66-107(85)122(109)73-32-6-4-7-33-73)124-101-54-26-16-40-81(101)82-41-17-27-55-102(82)124)68-111(99)126(113)105-58-30-52-97-115(105)87-44-14-24-50-95(87)119(97)91-46-20-10-36-77(91)78-37-11-21-47-92(78)119/h4-71H,1-3H3. The minimum absolute atomic E-state index is 0.357. The van der Waals surface area contributed by atoms with Crippen LogP contribution in [0, 0.1) is 0 Å². The van der Waals surface area contributed by atoms with E-state index in [9.17, 15) is 0 Å². The van der Waals surface area contributed by atoms with Crippen LogP contribution >= 0.6 is 0 Å². The summed E-state index contributed by atoms with van der Waals surface area (Å²) >= 11 is 0. The lowest BCUT2D eigenvalue weighted by molar-refractivity contribution is 0.590. The lowest BCUT2D eigenvalue weighted by Crippen LogP contribution is -2.61. The van der Waals surface area contributed by atoms with Gasteiger partial charge in [0.2, 0.25) is 0 Å². The zero-order valence-electron chi connectivity index (χ0n) is 70.0. The predicted molar refractivity (Wildman–Crippen MR) is 529 cm³/mol. The third-order valence-electron chi connectivity index (χ3n) is 29.9. The number of fused-ring (bicyclic) bond motifs is 36. The maximum Gasteiger partial charge on any atom is 0.252 e. The monoisotopic (exact) mass is 1610 g/mol. The van der Waals surface area contributed by atoms with E-state index in [0.717, 1.165) is 78.9 Å². The van der Waals surface area contributed by atoms with Gasteiger partial charge in [0.05, 0.1) is 66.3 Å². The molecular formula is C120H77BN6. The Bertz CT molecular complexity index is 8170. The van der Waals surface area contributed by atoms with Crippen LogP contribution in [0.4, 0.5) is 34.1 Å². The molecule has 29 rings (SSSR count). The largest absolute Gasteiger partial charge is 0.311 e. The van der Waals surface area contributed by atoms with Gasteiger partial charge in [-0.25, -0.2) is 0 Å². The van der Waals surface area contributed by atoms with Crippen LogP contribution in [0.5, 0.6) is 0 Å². The van der Waals surface area contributed by atoms with Gasteiger partial charge in [0, 0.05) is 99.7 Å². The van der Waals surface area contributed by atoms with Crippen molar-refractivity contribution in [2.75, 3.05) is 9.80 Å². The first kappa shape index (κ1) is 69.6. The smallest absolute Gasteiger partial charge is 0.252 e. The molecule has 0 saturated carbocycles. The van der Waals surface area contributed by atoms with E-state index in [4.69, 9.17) is 0 Å². The maximum atomic E-state index is 2.78. The Kier molecular flexibility index (Phi) is 13.7.